The summed E-state index contributed by atoms with van der Waals surface area (Å²) in [5, 5.41) is 5.49. The molecule has 0 bridgehead atoms. The van der Waals surface area contributed by atoms with Gasteiger partial charge < -0.3 is 10.1 Å². The van der Waals surface area contributed by atoms with E-state index < -0.39 is 6.09 Å². The maximum atomic E-state index is 12.1. The molecule has 0 radical (unpaired) electrons. The van der Waals surface area contributed by atoms with E-state index in [2.05, 4.69) is 10.6 Å². The molecule has 0 saturated heterocycles. The monoisotopic (exact) mass is 278 g/mol. The molecule has 0 fully saturated rings. The minimum Gasteiger partial charge on any atom is -0.450 e. The molecule has 0 spiro atoms. The van der Waals surface area contributed by atoms with Gasteiger partial charge in [0.1, 0.15) is 0 Å². The predicted molar refractivity (Wildman–Crippen MR) is 78.9 cm³/mol. The highest BCUT2D eigenvalue weighted by molar-refractivity contribution is 5.96. The maximum Gasteiger partial charge on any atom is 0.411 e. The van der Waals surface area contributed by atoms with E-state index in [9.17, 15) is 9.59 Å². The summed E-state index contributed by atoms with van der Waals surface area (Å²) in [4.78, 5) is 23.4. The Labute approximate surface area is 119 Å². The fourth-order valence-electron chi connectivity index (χ4n) is 1.48. The van der Waals surface area contributed by atoms with Gasteiger partial charge in [-0.15, -0.1) is 0 Å². The molecule has 1 rings (SSSR count). The van der Waals surface area contributed by atoms with Crippen molar-refractivity contribution in [3.63, 3.8) is 0 Å². The van der Waals surface area contributed by atoms with E-state index in [-0.39, 0.29) is 11.9 Å². The molecule has 0 aliphatic heterocycles. The summed E-state index contributed by atoms with van der Waals surface area (Å²) in [5.74, 6) is 0.207. The van der Waals surface area contributed by atoms with Crippen LogP contribution < -0.4 is 10.6 Å². The van der Waals surface area contributed by atoms with Gasteiger partial charge in [0.15, 0.2) is 0 Å². The van der Waals surface area contributed by atoms with Gasteiger partial charge >= 0.3 is 6.09 Å². The molecule has 0 saturated carbocycles. The van der Waals surface area contributed by atoms with Crippen LogP contribution in [0.5, 0.6) is 0 Å². The number of carbonyl (C=O) groups is 2. The van der Waals surface area contributed by atoms with Crippen LogP contribution in [0.25, 0.3) is 0 Å². The molecular formula is C15H22N2O3. The second-order valence-corrected chi connectivity index (χ2v) is 4.93. The van der Waals surface area contributed by atoms with Crippen molar-refractivity contribution in [1.82, 2.24) is 5.32 Å². The SMILES string of the molecule is CCOC(=O)Nc1cccc(C(=O)NC(C)C(C)C)c1. The highest BCUT2D eigenvalue weighted by Gasteiger charge is 2.13. The van der Waals surface area contributed by atoms with Crippen molar-refractivity contribution in [3.05, 3.63) is 29.8 Å². The molecule has 5 nitrogen and oxygen atoms in total. The molecule has 20 heavy (non-hydrogen) atoms. The van der Waals surface area contributed by atoms with E-state index >= 15 is 0 Å². The van der Waals surface area contributed by atoms with Crippen molar-refractivity contribution in [2.24, 2.45) is 5.92 Å². The summed E-state index contributed by atoms with van der Waals surface area (Å²) >= 11 is 0. The van der Waals surface area contributed by atoms with Gasteiger partial charge in [-0.25, -0.2) is 4.79 Å². The van der Waals surface area contributed by atoms with E-state index in [1.807, 2.05) is 20.8 Å². The molecule has 0 aliphatic carbocycles. The Morgan fingerprint density at radius 1 is 1.25 bits per heavy atom. The summed E-state index contributed by atoms with van der Waals surface area (Å²) < 4.78 is 4.79. The number of nitrogens with one attached hydrogen (secondary N) is 2. The Bertz CT molecular complexity index is 472. The van der Waals surface area contributed by atoms with Gasteiger partial charge in [-0.3, -0.25) is 10.1 Å². The molecule has 0 aromatic heterocycles. The van der Waals surface area contributed by atoms with Crippen LogP contribution in [0.1, 0.15) is 38.1 Å². The summed E-state index contributed by atoms with van der Waals surface area (Å²) in [6.45, 7) is 8.09. The van der Waals surface area contributed by atoms with Crippen LogP contribution in [0.2, 0.25) is 0 Å². The minimum absolute atomic E-state index is 0.0872. The zero-order chi connectivity index (χ0) is 15.1. The third-order valence-corrected chi connectivity index (χ3v) is 3.01. The van der Waals surface area contributed by atoms with Crippen molar-refractivity contribution in [1.29, 1.82) is 0 Å². The molecule has 5 heteroatoms. The van der Waals surface area contributed by atoms with Crippen LogP contribution in [0.4, 0.5) is 10.5 Å². The summed E-state index contributed by atoms with van der Waals surface area (Å²) in [6.07, 6.45) is -0.527. The topological polar surface area (TPSA) is 67.4 Å². The Morgan fingerprint density at radius 2 is 1.95 bits per heavy atom. The average molecular weight is 278 g/mol. The number of rotatable bonds is 5. The molecule has 1 aromatic carbocycles. The van der Waals surface area contributed by atoms with Gasteiger partial charge in [-0.05, 0) is 38.0 Å². The van der Waals surface area contributed by atoms with Crippen molar-refractivity contribution in [2.45, 2.75) is 33.7 Å². The molecule has 1 atom stereocenters. The van der Waals surface area contributed by atoms with E-state index in [0.29, 0.717) is 23.8 Å². The van der Waals surface area contributed by atoms with Crippen LogP contribution in [-0.4, -0.2) is 24.6 Å². The number of hydrogen-bond donors (Lipinski definition) is 2. The van der Waals surface area contributed by atoms with Crippen LogP contribution >= 0.6 is 0 Å². The quantitative estimate of drug-likeness (QED) is 0.870. The Hall–Kier alpha value is -2.04. The van der Waals surface area contributed by atoms with Crippen molar-refractivity contribution in [3.8, 4) is 0 Å². The third-order valence-electron chi connectivity index (χ3n) is 3.01. The maximum absolute atomic E-state index is 12.1. The van der Waals surface area contributed by atoms with Gasteiger partial charge in [-0.2, -0.15) is 0 Å². The summed E-state index contributed by atoms with van der Waals surface area (Å²) in [7, 11) is 0. The lowest BCUT2D eigenvalue weighted by Crippen LogP contribution is -2.36. The van der Waals surface area contributed by atoms with Crippen LogP contribution in [0.15, 0.2) is 24.3 Å². The molecule has 110 valence electrons. The van der Waals surface area contributed by atoms with Crippen molar-refractivity contribution >= 4 is 17.7 Å². The standard InChI is InChI=1S/C15H22N2O3/c1-5-20-15(19)17-13-8-6-7-12(9-13)14(18)16-11(4)10(2)3/h6-11H,5H2,1-4H3,(H,16,18)(H,17,19). The average Bonchev–Trinajstić information content (AvgIpc) is 2.39. The van der Waals surface area contributed by atoms with Crippen LogP contribution in [0.3, 0.4) is 0 Å². The van der Waals surface area contributed by atoms with Crippen LogP contribution in [-0.2, 0) is 4.74 Å². The number of amides is 2. The van der Waals surface area contributed by atoms with E-state index in [0.717, 1.165) is 0 Å². The summed E-state index contributed by atoms with van der Waals surface area (Å²) in [5.41, 5.74) is 1.04. The fourth-order valence-corrected chi connectivity index (χ4v) is 1.48. The lowest BCUT2D eigenvalue weighted by atomic mass is 10.1. The molecular weight excluding hydrogens is 256 g/mol. The van der Waals surface area contributed by atoms with Crippen molar-refractivity contribution < 1.29 is 14.3 Å². The molecule has 0 aliphatic rings. The molecule has 0 heterocycles. The molecule has 2 amide bonds. The zero-order valence-corrected chi connectivity index (χ0v) is 12.4. The van der Waals surface area contributed by atoms with Crippen molar-refractivity contribution in [2.75, 3.05) is 11.9 Å². The third kappa shape index (κ3) is 4.91. The number of carbonyl (C=O) groups excluding carboxylic acids is 2. The number of benzene rings is 1. The normalized spacial score (nSPS) is 11.8. The smallest absolute Gasteiger partial charge is 0.411 e. The van der Waals surface area contributed by atoms with E-state index in [1.165, 1.54) is 0 Å². The minimum atomic E-state index is -0.527. The van der Waals surface area contributed by atoms with Gasteiger partial charge in [0.25, 0.3) is 5.91 Å². The largest absolute Gasteiger partial charge is 0.450 e. The van der Waals surface area contributed by atoms with E-state index in [1.54, 1.807) is 31.2 Å². The Balaban J connectivity index is 2.72. The first-order valence-electron chi connectivity index (χ1n) is 6.78. The Kier molecular flexibility index (Phi) is 6.03. The number of anilines is 1. The predicted octanol–water partition coefficient (Wildman–Crippen LogP) is 3.03. The number of hydrogen-bond acceptors (Lipinski definition) is 3. The zero-order valence-electron chi connectivity index (χ0n) is 12.4. The lowest BCUT2D eigenvalue weighted by molar-refractivity contribution is 0.0930. The van der Waals surface area contributed by atoms with E-state index in [4.69, 9.17) is 4.74 Å². The second kappa shape index (κ2) is 7.53. The van der Waals surface area contributed by atoms with Gasteiger partial charge in [-0.1, -0.05) is 19.9 Å². The first-order chi connectivity index (χ1) is 9.43. The molecule has 1 unspecified atom stereocenters. The van der Waals surface area contributed by atoms with Crippen LogP contribution in [0, 0.1) is 5.92 Å². The van der Waals surface area contributed by atoms with Gasteiger partial charge in [0.2, 0.25) is 0 Å². The first-order valence-corrected chi connectivity index (χ1v) is 6.78. The Morgan fingerprint density at radius 3 is 2.55 bits per heavy atom. The highest BCUT2D eigenvalue weighted by Crippen LogP contribution is 2.12. The second-order valence-electron chi connectivity index (χ2n) is 4.93. The number of ether oxygens (including phenoxy) is 1. The van der Waals surface area contributed by atoms with Gasteiger partial charge in [0.05, 0.1) is 6.61 Å². The highest BCUT2D eigenvalue weighted by atomic mass is 16.5. The van der Waals surface area contributed by atoms with Gasteiger partial charge in [0, 0.05) is 17.3 Å². The molecule has 1 aromatic rings. The summed E-state index contributed by atoms with van der Waals surface area (Å²) in [6, 6.07) is 6.85. The fraction of sp³-hybridized carbons (Fsp3) is 0.467. The first kappa shape index (κ1) is 16.0. The molecule has 2 N–H and O–H groups in total. The lowest BCUT2D eigenvalue weighted by Gasteiger charge is -2.17.